The molecule has 0 radical (unpaired) electrons. The van der Waals surface area contributed by atoms with Gasteiger partial charge in [0, 0.05) is 19.0 Å². The van der Waals surface area contributed by atoms with Crippen LogP contribution >= 0.6 is 0 Å². The van der Waals surface area contributed by atoms with E-state index in [1.165, 1.54) is 18.3 Å². The number of rotatable bonds is 5. The average molecular weight is 265 g/mol. The van der Waals surface area contributed by atoms with Crippen molar-refractivity contribution in [2.75, 3.05) is 7.05 Å². The van der Waals surface area contributed by atoms with Gasteiger partial charge in [0.25, 0.3) is 5.91 Å². The van der Waals surface area contributed by atoms with Crippen LogP contribution in [0.4, 0.5) is 0 Å². The molecule has 3 N–H and O–H groups in total. The van der Waals surface area contributed by atoms with Gasteiger partial charge in [-0.15, -0.1) is 0 Å². The van der Waals surface area contributed by atoms with Crippen LogP contribution in [0, 0.1) is 0 Å². The molecule has 1 aromatic rings. The normalized spacial score (nSPS) is 10.9. The summed E-state index contributed by atoms with van der Waals surface area (Å²) in [6.07, 6.45) is 2.08. The second-order valence-corrected chi connectivity index (χ2v) is 4.91. The minimum atomic E-state index is -0.511. The highest BCUT2D eigenvalue weighted by Crippen LogP contribution is 2.13. The molecule has 6 heteroatoms. The Morgan fingerprint density at radius 1 is 1.37 bits per heavy atom. The topological polar surface area (TPSA) is 91.3 Å². The van der Waals surface area contributed by atoms with Crippen molar-refractivity contribution < 1.29 is 14.7 Å². The summed E-state index contributed by atoms with van der Waals surface area (Å²) in [6.45, 7) is 3.68. The van der Waals surface area contributed by atoms with Gasteiger partial charge in [-0.25, -0.2) is 4.98 Å². The monoisotopic (exact) mass is 265 g/mol. The number of nitrogens with one attached hydrogen (secondary N) is 2. The molecule has 0 bridgehead atoms. The Morgan fingerprint density at radius 3 is 2.58 bits per heavy atom. The van der Waals surface area contributed by atoms with Crippen LogP contribution in [0.3, 0.4) is 0 Å². The SMILES string of the molecule is CNC(=O)CCC(C)(C)NC(=O)c1ccc(O)cn1. The number of carbonyl (C=O) groups is 2. The summed E-state index contributed by atoms with van der Waals surface area (Å²) in [6, 6.07) is 2.85. The van der Waals surface area contributed by atoms with Crippen molar-refractivity contribution >= 4 is 11.8 Å². The highest BCUT2D eigenvalue weighted by atomic mass is 16.3. The highest BCUT2D eigenvalue weighted by Gasteiger charge is 2.22. The van der Waals surface area contributed by atoms with Gasteiger partial charge in [0.15, 0.2) is 0 Å². The van der Waals surface area contributed by atoms with Gasteiger partial charge >= 0.3 is 0 Å². The van der Waals surface area contributed by atoms with Gasteiger partial charge in [0.05, 0.1) is 6.20 Å². The summed E-state index contributed by atoms with van der Waals surface area (Å²) in [5.41, 5.74) is -0.283. The number of aromatic hydroxyl groups is 1. The highest BCUT2D eigenvalue weighted by molar-refractivity contribution is 5.92. The Bertz CT molecular complexity index is 455. The van der Waals surface area contributed by atoms with Gasteiger partial charge in [-0.3, -0.25) is 9.59 Å². The van der Waals surface area contributed by atoms with E-state index in [0.29, 0.717) is 12.8 Å². The van der Waals surface area contributed by atoms with E-state index in [2.05, 4.69) is 15.6 Å². The Kier molecular flexibility index (Phi) is 4.86. The summed E-state index contributed by atoms with van der Waals surface area (Å²) >= 11 is 0. The fraction of sp³-hybridized carbons (Fsp3) is 0.462. The van der Waals surface area contributed by atoms with Crippen LogP contribution in [0.5, 0.6) is 5.75 Å². The number of nitrogens with zero attached hydrogens (tertiary/aromatic N) is 1. The fourth-order valence-corrected chi connectivity index (χ4v) is 1.51. The van der Waals surface area contributed by atoms with Crippen molar-refractivity contribution in [1.82, 2.24) is 15.6 Å². The van der Waals surface area contributed by atoms with Crippen LogP contribution in [-0.2, 0) is 4.79 Å². The molecule has 1 rings (SSSR count). The van der Waals surface area contributed by atoms with Crippen LogP contribution in [0.1, 0.15) is 37.2 Å². The summed E-state index contributed by atoms with van der Waals surface area (Å²) < 4.78 is 0. The lowest BCUT2D eigenvalue weighted by Crippen LogP contribution is -2.44. The predicted molar refractivity (Wildman–Crippen MR) is 70.7 cm³/mol. The molecule has 104 valence electrons. The second kappa shape index (κ2) is 6.17. The molecule has 1 heterocycles. The van der Waals surface area contributed by atoms with Gasteiger partial charge in [-0.1, -0.05) is 0 Å². The number of hydrogen-bond donors (Lipinski definition) is 3. The number of pyridine rings is 1. The maximum atomic E-state index is 11.9. The lowest BCUT2D eigenvalue weighted by atomic mass is 9.98. The van der Waals surface area contributed by atoms with Gasteiger partial charge in [0.2, 0.25) is 5.91 Å². The second-order valence-electron chi connectivity index (χ2n) is 4.91. The average Bonchev–Trinajstić information content (AvgIpc) is 2.36. The fourth-order valence-electron chi connectivity index (χ4n) is 1.51. The van der Waals surface area contributed by atoms with Crippen molar-refractivity contribution in [2.24, 2.45) is 0 Å². The van der Waals surface area contributed by atoms with Gasteiger partial charge in [-0.2, -0.15) is 0 Å². The molecular weight excluding hydrogens is 246 g/mol. The molecule has 2 amide bonds. The third kappa shape index (κ3) is 4.95. The smallest absolute Gasteiger partial charge is 0.270 e. The quantitative estimate of drug-likeness (QED) is 0.735. The predicted octanol–water partition coefficient (Wildman–Crippen LogP) is 0.822. The van der Waals surface area contributed by atoms with Crippen LogP contribution in [0.15, 0.2) is 18.3 Å². The molecule has 0 saturated heterocycles. The van der Waals surface area contributed by atoms with Gasteiger partial charge in [-0.05, 0) is 32.4 Å². The maximum absolute atomic E-state index is 11.9. The first-order valence-corrected chi connectivity index (χ1v) is 6.02. The lowest BCUT2D eigenvalue weighted by molar-refractivity contribution is -0.121. The zero-order valence-electron chi connectivity index (χ0n) is 11.4. The largest absolute Gasteiger partial charge is 0.506 e. The van der Waals surface area contributed by atoms with E-state index in [-0.39, 0.29) is 23.3 Å². The molecule has 6 nitrogen and oxygen atoms in total. The Labute approximate surface area is 112 Å². The van der Waals surface area contributed by atoms with Crippen molar-refractivity contribution in [2.45, 2.75) is 32.2 Å². The first kappa shape index (κ1) is 14.9. The molecule has 0 aliphatic heterocycles. The third-order valence-corrected chi connectivity index (χ3v) is 2.69. The molecule has 0 fully saturated rings. The number of aromatic nitrogens is 1. The zero-order valence-corrected chi connectivity index (χ0v) is 11.4. The number of hydrogen-bond acceptors (Lipinski definition) is 4. The van der Waals surface area contributed by atoms with Crippen LogP contribution in [0.2, 0.25) is 0 Å². The summed E-state index contributed by atoms with van der Waals surface area (Å²) in [7, 11) is 1.58. The molecule has 0 atom stereocenters. The molecule has 0 aliphatic carbocycles. The zero-order chi connectivity index (χ0) is 14.5. The van der Waals surface area contributed by atoms with E-state index in [0.717, 1.165) is 0 Å². The van der Waals surface area contributed by atoms with Crippen molar-refractivity contribution in [1.29, 1.82) is 0 Å². The molecule has 0 aliphatic rings. The lowest BCUT2D eigenvalue weighted by Gasteiger charge is -2.25. The van der Waals surface area contributed by atoms with Gasteiger partial charge < -0.3 is 15.7 Å². The van der Waals surface area contributed by atoms with E-state index >= 15 is 0 Å². The molecule has 19 heavy (non-hydrogen) atoms. The van der Waals surface area contributed by atoms with E-state index in [1.807, 2.05) is 13.8 Å². The third-order valence-electron chi connectivity index (χ3n) is 2.69. The first-order valence-electron chi connectivity index (χ1n) is 6.02. The van der Waals surface area contributed by atoms with Crippen molar-refractivity contribution in [3.8, 4) is 5.75 Å². The van der Waals surface area contributed by atoms with Gasteiger partial charge in [0.1, 0.15) is 11.4 Å². The van der Waals surface area contributed by atoms with Crippen molar-refractivity contribution in [3.63, 3.8) is 0 Å². The van der Waals surface area contributed by atoms with E-state index in [9.17, 15) is 9.59 Å². The molecule has 0 saturated carbocycles. The summed E-state index contributed by atoms with van der Waals surface area (Å²) in [4.78, 5) is 27.0. The molecule has 1 aromatic heterocycles. The molecule has 0 spiro atoms. The Hall–Kier alpha value is -2.11. The Balaban J connectivity index is 2.59. The van der Waals surface area contributed by atoms with E-state index in [1.54, 1.807) is 7.05 Å². The maximum Gasteiger partial charge on any atom is 0.270 e. The minimum absolute atomic E-state index is 0.00965. The Morgan fingerprint density at radius 2 is 2.05 bits per heavy atom. The minimum Gasteiger partial charge on any atom is -0.506 e. The molecule has 0 unspecified atom stereocenters. The van der Waals surface area contributed by atoms with Crippen LogP contribution in [0.25, 0.3) is 0 Å². The summed E-state index contributed by atoms with van der Waals surface area (Å²) in [5, 5.41) is 14.5. The van der Waals surface area contributed by atoms with E-state index < -0.39 is 5.54 Å². The number of carbonyl (C=O) groups excluding carboxylic acids is 2. The first-order chi connectivity index (χ1) is 8.84. The summed E-state index contributed by atoms with van der Waals surface area (Å²) in [5.74, 6) is -0.387. The van der Waals surface area contributed by atoms with Crippen molar-refractivity contribution in [3.05, 3.63) is 24.0 Å². The van der Waals surface area contributed by atoms with E-state index in [4.69, 9.17) is 5.11 Å². The molecular formula is C13H19N3O3. The molecule has 0 aromatic carbocycles. The van der Waals surface area contributed by atoms with Crippen LogP contribution in [-0.4, -0.2) is 34.5 Å². The van der Waals surface area contributed by atoms with Crippen LogP contribution < -0.4 is 10.6 Å². The standard InChI is InChI=1S/C13H19N3O3/c1-13(2,7-6-11(18)14-3)16-12(19)10-5-4-9(17)8-15-10/h4-5,8,17H,6-7H2,1-3H3,(H,14,18)(H,16,19). The number of amides is 2.